The van der Waals surface area contributed by atoms with Gasteiger partial charge in [0, 0.05) is 11.0 Å². The molecule has 2 aromatic rings. The Morgan fingerprint density at radius 1 is 1.24 bits per heavy atom. The minimum absolute atomic E-state index is 0.0824. The Hall–Kier alpha value is -1.95. The maximum Gasteiger partial charge on any atom is 0.337 e. The van der Waals surface area contributed by atoms with Crippen molar-refractivity contribution >= 4 is 27.6 Å². The first-order chi connectivity index (χ1) is 10.0. The van der Waals surface area contributed by atoms with Crippen molar-refractivity contribution in [3.05, 3.63) is 63.6 Å². The lowest BCUT2D eigenvalue weighted by molar-refractivity contribution is 0.0600. The summed E-state index contributed by atoms with van der Waals surface area (Å²) in [5.41, 5.74) is 1.29. The Kier molecular flexibility index (Phi) is 4.90. The number of carbonyl (C=O) groups is 1. The number of hydrogen-bond acceptors (Lipinski definition) is 3. The van der Waals surface area contributed by atoms with Gasteiger partial charge in [0.25, 0.3) is 0 Å². The summed E-state index contributed by atoms with van der Waals surface area (Å²) < 4.78 is 31.9. The van der Waals surface area contributed by atoms with E-state index in [-0.39, 0.29) is 12.2 Å². The van der Waals surface area contributed by atoms with Gasteiger partial charge >= 0.3 is 5.97 Å². The number of benzene rings is 2. The lowest BCUT2D eigenvalue weighted by Gasteiger charge is -2.10. The summed E-state index contributed by atoms with van der Waals surface area (Å²) in [6, 6.07) is 8.14. The van der Waals surface area contributed by atoms with E-state index in [0.717, 1.165) is 23.8 Å². The number of esters is 1. The van der Waals surface area contributed by atoms with E-state index in [9.17, 15) is 13.6 Å². The molecule has 0 unspecified atom stereocenters. The van der Waals surface area contributed by atoms with Crippen molar-refractivity contribution in [1.82, 2.24) is 0 Å². The van der Waals surface area contributed by atoms with E-state index in [1.54, 1.807) is 18.2 Å². The first-order valence-corrected chi connectivity index (χ1v) is 6.86. The van der Waals surface area contributed by atoms with E-state index in [0.29, 0.717) is 10.0 Å². The first kappa shape index (κ1) is 15.4. The van der Waals surface area contributed by atoms with Gasteiger partial charge in [-0.1, -0.05) is 22.0 Å². The molecule has 21 heavy (non-hydrogen) atoms. The van der Waals surface area contributed by atoms with Crippen molar-refractivity contribution in [1.29, 1.82) is 0 Å². The molecule has 110 valence electrons. The number of carbonyl (C=O) groups excluding carboxylic acids is 1. The summed E-state index contributed by atoms with van der Waals surface area (Å²) in [5.74, 6) is -1.48. The summed E-state index contributed by atoms with van der Waals surface area (Å²) in [4.78, 5) is 11.4. The summed E-state index contributed by atoms with van der Waals surface area (Å²) in [6.45, 7) is 0.280. The molecule has 0 atom stereocenters. The number of ether oxygens (including phenoxy) is 1. The molecule has 2 rings (SSSR count). The monoisotopic (exact) mass is 355 g/mol. The highest BCUT2D eigenvalue weighted by molar-refractivity contribution is 9.10. The average molecular weight is 356 g/mol. The van der Waals surface area contributed by atoms with Crippen LogP contribution in [0, 0.1) is 11.6 Å². The molecular formula is C15H12BrF2NO2. The van der Waals surface area contributed by atoms with Gasteiger partial charge in [0.05, 0.1) is 18.4 Å². The number of nitrogens with one attached hydrogen (secondary N) is 1. The highest BCUT2D eigenvalue weighted by atomic mass is 79.9. The van der Waals surface area contributed by atoms with Crippen molar-refractivity contribution in [2.45, 2.75) is 6.54 Å². The fraction of sp³-hybridized carbons (Fsp3) is 0.133. The SMILES string of the molecule is COC(=O)c1ccc(CNc2cc(F)ccc2F)c(Br)c1. The van der Waals surface area contributed by atoms with Gasteiger partial charge in [-0.05, 0) is 35.9 Å². The minimum atomic E-state index is -0.529. The molecule has 3 nitrogen and oxygen atoms in total. The molecular weight excluding hydrogens is 344 g/mol. The van der Waals surface area contributed by atoms with Gasteiger partial charge in [0.15, 0.2) is 0 Å². The van der Waals surface area contributed by atoms with Crippen LogP contribution in [0.15, 0.2) is 40.9 Å². The van der Waals surface area contributed by atoms with Crippen LogP contribution in [0.25, 0.3) is 0 Å². The number of halogens is 3. The minimum Gasteiger partial charge on any atom is -0.465 e. The molecule has 0 saturated carbocycles. The second-order valence-corrected chi connectivity index (χ2v) is 5.13. The van der Waals surface area contributed by atoms with E-state index >= 15 is 0 Å². The van der Waals surface area contributed by atoms with E-state index in [4.69, 9.17) is 0 Å². The third-order valence-electron chi connectivity index (χ3n) is 2.87. The fourth-order valence-electron chi connectivity index (χ4n) is 1.76. The van der Waals surface area contributed by atoms with E-state index in [2.05, 4.69) is 26.0 Å². The predicted molar refractivity (Wildman–Crippen MR) is 79.2 cm³/mol. The lowest BCUT2D eigenvalue weighted by atomic mass is 10.1. The molecule has 6 heteroatoms. The normalized spacial score (nSPS) is 10.3. The van der Waals surface area contributed by atoms with Crippen LogP contribution in [0.1, 0.15) is 15.9 Å². The fourth-order valence-corrected chi connectivity index (χ4v) is 2.28. The summed E-state index contributed by atoms with van der Waals surface area (Å²) >= 11 is 3.34. The maximum atomic E-state index is 13.5. The molecule has 0 aliphatic heterocycles. The first-order valence-electron chi connectivity index (χ1n) is 6.07. The molecule has 0 radical (unpaired) electrons. The Labute approximate surface area is 129 Å². The zero-order chi connectivity index (χ0) is 15.4. The van der Waals surface area contributed by atoms with Crippen molar-refractivity contribution in [2.24, 2.45) is 0 Å². The second kappa shape index (κ2) is 6.67. The molecule has 0 saturated heterocycles. The van der Waals surface area contributed by atoms with Crippen molar-refractivity contribution < 1.29 is 18.3 Å². The van der Waals surface area contributed by atoms with Gasteiger partial charge in [0.2, 0.25) is 0 Å². The highest BCUT2D eigenvalue weighted by Gasteiger charge is 2.09. The van der Waals surface area contributed by atoms with Crippen LogP contribution in [0.3, 0.4) is 0 Å². The largest absolute Gasteiger partial charge is 0.465 e. The van der Waals surface area contributed by atoms with Crippen molar-refractivity contribution in [2.75, 3.05) is 12.4 Å². The molecule has 1 N–H and O–H groups in total. The predicted octanol–water partition coefficient (Wildman–Crippen LogP) is 4.13. The van der Waals surface area contributed by atoms with Gasteiger partial charge in [-0.25, -0.2) is 13.6 Å². The van der Waals surface area contributed by atoms with Crippen LogP contribution in [0.5, 0.6) is 0 Å². The molecule has 0 spiro atoms. The third-order valence-corrected chi connectivity index (χ3v) is 3.61. The third kappa shape index (κ3) is 3.78. The molecule has 0 aliphatic carbocycles. The molecule has 0 aliphatic rings. The van der Waals surface area contributed by atoms with Crippen LogP contribution < -0.4 is 5.32 Å². The van der Waals surface area contributed by atoms with Crippen LogP contribution in [0.2, 0.25) is 0 Å². The Morgan fingerprint density at radius 2 is 2.00 bits per heavy atom. The number of methoxy groups -OCH3 is 1. The van der Waals surface area contributed by atoms with Crippen LogP contribution in [-0.4, -0.2) is 13.1 Å². The quantitative estimate of drug-likeness (QED) is 0.838. The molecule has 0 bridgehead atoms. The molecule has 0 heterocycles. The Balaban J connectivity index is 2.13. The smallest absolute Gasteiger partial charge is 0.337 e. The zero-order valence-corrected chi connectivity index (χ0v) is 12.7. The van der Waals surface area contributed by atoms with Gasteiger partial charge in [0.1, 0.15) is 11.6 Å². The van der Waals surface area contributed by atoms with Crippen molar-refractivity contribution in [3.8, 4) is 0 Å². The molecule has 0 fully saturated rings. The standard InChI is InChI=1S/C15H12BrF2NO2/c1-21-15(20)9-2-3-10(12(16)6-9)8-19-14-7-11(17)4-5-13(14)18/h2-7,19H,8H2,1H3. The number of hydrogen-bond donors (Lipinski definition) is 1. The van der Waals surface area contributed by atoms with Crippen LogP contribution in [-0.2, 0) is 11.3 Å². The molecule has 2 aromatic carbocycles. The Bertz CT molecular complexity index is 677. The van der Waals surface area contributed by atoms with Gasteiger partial charge in [-0.3, -0.25) is 0 Å². The van der Waals surface area contributed by atoms with Gasteiger partial charge in [-0.15, -0.1) is 0 Å². The van der Waals surface area contributed by atoms with Crippen LogP contribution in [0.4, 0.5) is 14.5 Å². The second-order valence-electron chi connectivity index (χ2n) is 4.28. The van der Waals surface area contributed by atoms with E-state index < -0.39 is 17.6 Å². The highest BCUT2D eigenvalue weighted by Crippen LogP contribution is 2.22. The number of rotatable bonds is 4. The van der Waals surface area contributed by atoms with Crippen LogP contribution >= 0.6 is 15.9 Å². The maximum absolute atomic E-state index is 13.5. The Morgan fingerprint density at radius 3 is 2.67 bits per heavy atom. The lowest BCUT2D eigenvalue weighted by Crippen LogP contribution is -2.05. The summed E-state index contributed by atoms with van der Waals surface area (Å²) in [6.07, 6.45) is 0. The van der Waals surface area contributed by atoms with E-state index in [1.807, 2.05) is 0 Å². The van der Waals surface area contributed by atoms with Crippen molar-refractivity contribution in [3.63, 3.8) is 0 Å². The zero-order valence-electron chi connectivity index (χ0n) is 11.1. The number of anilines is 1. The summed E-state index contributed by atoms with van der Waals surface area (Å²) in [5, 5.41) is 2.81. The average Bonchev–Trinajstić information content (AvgIpc) is 2.48. The van der Waals surface area contributed by atoms with E-state index in [1.165, 1.54) is 7.11 Å². The molecule has 0 amide bonds. The van der Waals surface area contributed by atoms with Gasteiger partial charge in [-0.2, -0.15) is 0 Å². The molecule has 0 aromatic heterocycles. The van der Waals surface area contributed by atoms with Gasteiger partial charge < -0.3 is 10.1 Å². The topological polar surface area (TPSA) is 38.3 Å². The summed E-state index contributed by atoms with van der Waals surface area (Å²) in [7, 11) is 1.30.